The number of hydrogen-bond donors (Lipinski definition) is 1. The van der Waals surface area contributed by atoms with Crippen molar-refractivity contribution in [2.24, 2.45) is 23.0 Å². The van der Waals surface area contributed by atoms with Crippen molar-refractivity contribution < 1.29 is 9.53 Å². The van der Waals surface area contributed by atoms with Gasteiger partial charge in [0.25, 0.3) is 0 Å². The molecule has 0 fully saturated rings. The third kappa shape index (κ3) is 2.29. The maximum Gasteiger partial charge on any atom is 0.410 e. The van der Waals surface area contributed by atoms with Crippen LogP contribution in [0.4, 0.5) is 4.79 Å². The second-order valence-electron chi connectivity index (χ2n) is 5.59. The number of hydrogen-bond acceptors (Lipinski definition) is 6. The second kappa shape index (κ2) is 6.02. The van der Waals surface area contributed by atoms with Crippen molar-refractivity contribution in [1.29, 1.82) is 15.8 Å². The monoisotopic (exact) mass is 311 g/mol. The molecule has 2 aliphatic rings. The molecule has 0 saturated carbocycles. The topological polar surface area (TPSA) is 127 Å². The molecule has 7 heteroatoms. The van der Waals surface area contributed by atoms with Crippen molar-refractivity contribution in [3.05, 3.63) is 22.9 Å². The molecule has 0 bridgehead atoms. The van der Waals surface area contributed by atoms with Crippen molar-refractivity contribution in [1.82, 2.24) is 4.90 Å². The smallest absolute Gasteiger partial charge is 0.410 e. The standard InChI is InChI=1S/C16H17N5O2/c1-3-23-15(22)21-5-4-11-12(6-17)14(20)16(8-18,9-19)10(2)13(11)7-21/h4,10,13H,3,5,7,20H2,1-2H3. The molecule has 0 radical (unpaired) electrons. The molecule has 1 heterocycles. The van der Waals surface area contributed by atoms with E-state index >= 15 is 0 Å². The number of nitrogens with two attached hydrogens (primary N) is 1. The van der Waals surface area contributed by atoms with Crippen LogP contribution in [0.3, 0.4) is 0 Å². The first-order valence-corrected chi connectivity index (χ1v) is 7.31. The Bertz CT molecular complexity index is 702. The van der Waals surface area contributed by atoms with Crippen LogP contribution in [0.5, 0.6) is 0 Å². The van der Waals surface area contributed by atoms with Gasteiger partial charge in [0, 0.05) is 24.9 Å². The minimum Gasteiger partial charge on any atom is -0.450 e. The second-order valence-corrected chi connectivity index (χ2v) is 5.59. The largest absolute Gasteiger partial charge is 0.450 e. The zero-order valence-corrected chi connectivity index (χ0v) is 13.0. The van der Waals surface area contributed by atoms with E-state index in [-0.39, 0.29) is 30.3 Å². The van der Waals surface area contributed by atoms with Crippen molar-refractivity contribution in [2.45, 2.75) is 13.8 Å². The molecule has 23 heavy (non-hydrogen) atoms. The minimum absolute atomic E-state index is 0.00425. The summed E-state index contributed by atoms with van der Waals surface area (Å²) in [5, 5.41) is 28.5. The van der Waals surface area contributed by atoms with Gasteiger partial charge in [0.1, 0.15) is 6.07 Å². The molecule has 0 spiro atoms. The molecule has 0 aromatic rings. The summed E-state index contributed by atoms with van der Waals surface area (Å²) in [4.78, 5) is 13.4. The van der Waals surface area contributed by atoms with Crippen LogP contribution < -0.4 is 5.73 Å². The molecule has 2 unspecified atom stereocenters. The highest BCUT2D eigenvalue weighted by Crippen LogP contribution is 2.48. The number of carbonyl (C=O) groups excluding carboxylic acids is 1. The molecule has 7 nitrogen and oxygen atoms in total. The molecule has 1 aliphatic heterocycles. The molecule has 1 aliphatic carbocycles. The van der Waals surface area contributed by atoms with Gasteiger partial charge >= 0.3 is 6.09 Å². The predicted molar refractivity (Wildman–Crippen MR) is 79.8 cm³/mol. The Morgan fingerprint density at radius 2 is 2.13 bits per heavy atom. The fourth-order valence-electron chi connectivity index (χ4n) is 3.22. The number of ether oxygens (including phenoxy) is 1. The summed E-state index contributed by atoms with van der Waals surface area (Å²) in [7, 11) is 0. The first-order valence-electron chi connectivity index (χ1n) is 7.31. The lowest BCUT2D eigenvalue weighted by atomic mass is 9.61. The summed E-state index contributed by atoms with van der Waals surface area (Å²) >= 11 is 0. The number of carbonyl (C=O) groups is 1. The third-order valence-electron chi connectivity index (χ3n) is 4.61. The molecular formula is C16H17N5O2. The van der Waals surface area contributed by atoms with Crippen LogP contribution in [0.25, 0.3) is 0 Å². The molecular weight excluding hydrogens is 294 g/mol. The Labute approximate surface area is 134 Å². The van der Waals surface area contributed by atoms with Crippen LogP contribution in [0.2, 0.25) is 0 Å². The van der Waals surface area contributed by atoms with E-state index in [1.807, 2.05) is 18.2 Å². The van der Waals surface area contributed by atoms with Gasteiger partial charge in [-0.2, -0.15) is 15.8 Å². The molecule has 0 aromatic carbocycles. The van der Waals surface area contributed by atoms with Gasteiger partial charge in [-0.25, -0.2) is 4.79 Å². The Morgan fingerprint density at radius 1 is 1.48 bits per heavy atom. The van der Waals surface area contributed by atoms with E-state index in [0.29, 0.717) is 12.1 Å². The summed E-state index contributed by atoms with van der Waals surface area (Å²) in [6.45, 7) is 4.33. The highest BCUT2D eigenvalue weighted by Gasteiger charge is 2.52. The zero-order chi connectivity index (χ0) is 17.2. The average molecular weight is 311 g/mol. The van der Waals surface area contributed by atoms with E-state index in [1.165, 1.54) is 4.90 Å². The van der Waals surface area contributed by atoms with E-state index in [4.69, 9.17) is 10.5 Å². The van der Waals surface area contributed by atoms with Gasteiger partial charge in [-0.3, -0.25) is 0 Å². The summed E-state index contributed by atoms with van der Waals surface area (Å²) in [6.07, 6.45) is 1.31. The quantitative estimate of drug-likeness (QED) is 0.780. The maximum absolute atomic E-state index is 11.9. The van der Waals surface area contributed by atoms with Gasteiger partial charge in [0.15, 0.2) is 5.41 Å². The van der Waals surface area contributed by atoms with Crippen LogP contribution in [0.15, 0.2) is 22.9 Å². The van der Waals surface area contributed by atoms with Gasteiger partial charge in [0.2, 0.25) is 0 Å². The lowest BCUT2D eigenvalue weighted by Gasteiger charge is -2.43. The zero-order valence-electron chi connectivity index (χ0n) is 13.0. The minimum atomic E-state index is -1.56. The number of allylic oxidation sites excluding steroid dienone is 2. The third-order valence-corrected chi connectivity index (χ3v) is 4.61. The van der Waals surface area contributed by atoms with E-state index < -0.39 is 17.4 Å². The molecule has 0 saturated heterocycles. The van der Waals surface area contributed by atoms with Crippen LogP contribution in [0, 0.1) is 51.2 Å². The maximum atomic E-state index is 11.9. The van der Waals surface area contributed by atoms with E-state index in [1.54, 1.807) is 19.9 Å². The van der Waals surface area contributed by atoms with Crippen LogP contribution in [0.1, 0.15) is 13.8 Å². The van der Waals surface area contributed by atoms with Crippen molar-refractivity contribution in [3.63, 3.8) is 0 Å². The molecule has 0 aromatic heterocycles. The first-order chi connectivity index (χ1) is 11.0. The first kappa shape index (κ1) is 16.4. The normalized spacial score (nSPS) is 25.3. The number of fused-ring (bicyclic) bond motifs is 1. The summed E-state index contributed by atoms with van der Waals surface area (Å²) in [5.41, 5.74) is 5.32. The molecule has 118 valence electrons. The van der Waals surface area contributed by atoms with Crippen LogP contribution in [-0.4, -0.2) is 30.7 Å². The summed E-state index contributed by atoms with van der Waals surface area (Å²) < 4.78 is 5.00. The van der Waals surface area contributed by atoms with Crippen molar-refractivity contribution in [3.8, 4) is 18.2 Å². The van der Waals surface area contributed by atoms with E-state index in [2.05, 4.69) is 0 Å². The fourth-order valence-corrected chi connectivity index (χ4v) is 3.22. The van der Waals surface area contributed by atoms with Crippen LogP contribution in [-0.2, 0) is 4.74 Å². The molecule has 2 atom stereocenters. The number of nitriles is 3. The lowest BCUT2D eigenvalue weighted by molar-refractivity contribution is 0.0959. The van der Waals surface area contributed by atoms with Gasteiger partial charge < -0.3 is 15.4 Å². The highest BCUT2D eigenvalue weighted by atomic mass is 16.6. The Hall–Kier alpha value is -2.98. The SMILES string of the molecule is CCOC(=O)N1CC=C2C(C#N)=C(N)C(C#N)(C#N)C(C)C2C1. The molecule has 2 N–H and O–H groups in total. The Morgan fingerprint density at radius 3 is 2.65 bits per heavy atom. The van der Waals surface area contributed by atoms with Gasteiger partial charge in [-0.1, -0.05) is 13.0 Å². The van der Waals surface area contributed by atoms with E-state index in [0.717, 1.165) is 0 Å². The van der Waals surface area contributed by atoms with Crippen molar-refractivity contribution in [2.75, 3.05) is 19.7 Å². The highest BCUT2D eigenvalue weighted by molar-refractivity contribution is 5.69. The van der Waals surface area contributed by atoms with E-state index in [9.17, 15) is 20.6 Å². The van der Waals surface area contributed by atoms with Gasteiger partial charge in [-0.05, 0) is 12.5 Å². The summed E-state index contributed by atoms with van der Waals surface area (Å²) in [5.74, 6) is -0.757. The number of nitrogens with zero attached hydrogens (tertiary/aromatic N) is 4. The number of amides is 1. The van der Waals surface area contributed by atoms with Gasteiger partial charge in [0.05, 0.1) is 30.0 Å². The lowest BCUT2D eigenvalue weighted by Crippen LogP contribution is -2.49. The summed E-state index contributed by atoms with van der Waals surface area (Å²) in [6, 6.07) is 5.97. The predicted octanol–water partition coefficient (Wildman–Crippen LogP) is 1.42. The molecule has 1 amide bonds. The number of rotatable bonds is 1. The average Bonchev–Trinajstić information content (AvgIpc) is 2.56. The van der Waals surface area contributed by atoms with Gasteiger partial charge in [-0.15, -0.1) is 0 Å². The Kier molecular flexibility index (Phi) is 4.29. The molecule has 2 rings (SSSR count). The van der Waals surface area contributed by atoms with Crippen LogP contribution >= 0.6 is 0 Å². The van der Waals surface area contributed by atoms with Crippen molar-refractivity contribution >= 4 is 6.09 Å². The Balaban J connectivity index is 2.52. The fraction of sp³-hybridized carbons (Fsp3) is 0.500.